The number of hydrogen-bond acceptors (Lipinski definition) is 3. The second-order valence-electron chi connectivity index (χ2n) is 7.81. The van der Waals surface area contributed by atoms with E-state index < -0.39 is 0 Å². The molecule has 3 heterocycles. The molecule has 2 aromatic heterocycles. The molecule has 0 aliphatic carbocycles. The summed E-state index contributed by atoms with van der Waals surface area (Å²) in [4.78, 5) is 21.3. The number of fused-ring (bicyclic) bond motifs is 1. The van der Waals surface area contributed by atoms with Crippen LogP contribution >= 0.6 is 0 Å². The van der Waals surface area contributed by atoms with Crippen LogP contribution in [0.5, 0.6) is 0 Å². The Kier molecular flexibility index (Phi) is 4.77. The van der Waals surface area contributed by atoms with E-state index >= 15 is 0 Å². The summed E-state index contributed by atoms with van der Waals surface area (Å²) in [6, 6.07) is 24.1. The molecule has 5 rings (SSSR count). The van der Waals surface area contributed by atoms with Crippen molar-refractivity contribution in [1.29, 1.82) is 0 Å². The molecule has 1 aliphatic heterocycles. The van der Waals surface area contributed by atoms with Crippen LogP contribution in [-0.2, 0) is 0 Å². The summed E-state index contributed by atoms with van der Waals surface area (Å²) in [5, 5.41) is 4.67. The lowest BCUT2D eigenvalue weighted by molar-refractivity contribution is -0.883. The van der Waals surface area contributed by atoms with E-state index in [1.807, 2.05) is 65.6 Å². The van der Waals surface area contributed by atoms with Crippen LogP contribution < -0.4 is 4.90 Å². The molecule has 150 valence electrons. The molecule has 0 unspecified atom stereocenters. The number of likely N-dealkylation sites (N-methyl/N-ethyl adjacent to an activating group) is 1. The maximum absolute atomic E-state index is 13.1. The molecule has 0 bridgehead atoms. The molecule has 1 aliphatic rings. The molecule has 1 saturated heterocycles. The molecular formula is C24H24N5O+. The molecule has 0 spiro atoms. The second kappa shape index (κ2) is 7.72. The van der Waals surface area contributed by atoms with E-state index in [1.165, 1.54) is 4.90 Å². The Balaban J connectivity index is 1.62. The van der Waals surface area contributed by atoms with Crippen molar-refractivity contribution < 1.29 is 9.69 Å². The van der Waals surface area contributed by atoms with Gasteiger partial charge in [0.25, 0.3) is 5.91 Å². The number of aromatic nitrogens is 3. The van der Waals surface area contributed by atoms with E-state index in [2.05, 4.69) is 24.3 Å². The van der Waals surface area contributed by atoms with Crippen molar-refractivity contribution in [2.45, 2.75) is 0 Å². The molecule has 1 fully saturated rings. The number of piperazine rings is 1. The summed E-state index contributed by atoms with van der Waals surface area (Å²) in [7, 11) is 2.16. The molecule has 0 saturated carbocycles. The zero-order valence-corrected chi connectivity index (χ0v) is 17.0. The van der Waals surface area contributed by atoms with Crippen LogP contribution in [0, 0.1) is 0 Å². The Morgan fingerprint density at radius 1 is 0.900 bits per heavy atom. The first-order valence-corrected chi connectivity index (χ1v) is 10.3. The van der Waals surface area contributed by atoms with Gasteiger partial charge >= 0.3 is 0 Å². The highest BCUT2D eigenvalue weighted by atomic mass is 16.2. The maximum atomic E-state index is 13.1. The van der Waals surface area contributed by atoms with Crippen molar-refractivity contribution in [2.75, 3.05) is 33.2 Å². The van der Waals surface area contributed by atoms with E-state index in [0.717, 1.165) is 48.7 Å². The minimum atomic E-state index is -0.0201. The highest BCUT2D eigenvalue weighted by molar-refractivity contribution is 5.93. The standard InChI is InChI=1S/C24H23N5O/c1-27-12-14-28(15-13-27)24(30)21-17-23-25-20(18-8-4-2-5-9-18)16-22(29(23)26-21)19-10-6-3-7-11-19/h2-11,16-17H,12-15H2,1H3/p+1. The fourth-order valence-electron chi connectivity index (χ4n) is 3.90. The van der Waals surface area contributed by atoms with Gasteiger partial charge in [-0.05, 0) is 6.07 Å². The van der Waals surface area contributed by atoms with Crippen LogP contribution in [0.4, 0.5) is 0 Å². The highest BCUT2D eigenvalue weighted by Crippen LogP contribution is 2.26. The number of nitrogens with one attached hydrogen (secondary N) is 1. The first-order chi connectivity index (χ1) is 14.7. The number of amides is 1. The van der Waals surface area contributed by atoms with Gasteiger partial charge in [-0.3, -0.25) is 4.79 Å². The summed E-state index contributed by atoms with van der Waals surface area (Å²) in [5.74, 6) is -0.0201. The molecule has 30 heavy (non-hydrogen) atoms. The number of benzene rings is 2. The van der Waals surface area contributed by atoms with E-state index in [1.54, 1.807) is 4.52 Å². The van der Waals surface area contributed by atoms with Crippen LogP contribution in [0.25, 0.3) is 28.2 Å². The van der Waals surface area contributed by atoms with Crippen molar-refractivity contribution in [1.82, 2.24) is 19.5 Å². The zero-order chi connectivity index (χ0) is 20.5. The minimum Gasteiger partial charge on any atom is -0.334 e. The SMILES string of the molecule is C[NH+]1CCN(C(=O)c2cc3nc(-c4ccccc4)cc(-c4ccccc4)n3n2)CC1. The number of hydrogen-bond donors (Lipinski definition) is 1. The molecule has 4 aromatic rings. The van der Waals surface area contributed by atoms with Gasteiger partial charge < -0.3 is 9.80 Å². The van der Waals surface area contributed by atoms with Gasteiger partial charge in [0.15, 0.2) is 11.3 Å². The average Bonchev–Trinajstić information content (AvgIpc) is 3.24. The minimum absolute atomic E-state index is 0.0201. The van der Waals surface area contributed by atoms with Gasteiger partial charge in [-0.25, -0.2) is 9.50 Å². The van der Waals surface area contributed by atoms with Gasteiger partial charge in [0.2, 0.25) is 0 Å². The van der Waals surface area contributed by atoms with Gasteiger partial charge in [-0.15, -0.1) is 0 Å². The number of carbonyl (C=O) groups excluding carboxylic acids is 1. The normalized spacial score (nSPS) is 14.9. The quantitative estimate of drug-likeness (QED) is 0.575. The summed E-state index contributed by atoms with van der Waals surface area (Å²) in [6.45, 7) is 3.44. The number of nitrogens with zero attached hydrogens (tertiary/aromatic N) is 4. The van der Waals surface area contributed by atoms with E-state index in [-0.39, 0.29) is 5.91 Å². The number of quaternary nitrogens is 1. The van der Waals surface area contributed by atoms with Crippen molar-refractivity contribution in [3.63, 3.8) is 0 Å². The lowest BCUT2D eigenvalue weighted by Gasteiger charge is -2.29. The number of carbonyl (C=O) groups is 1. The van der Waals surface area contributed by atoms with Gasteiger partial charge in [0.1, 0.15) is 0 Å². The Morgan fingerprint density at radius 2 is 1.53 bits per heavy atom. The predicted octanol–water partition coefficient (Wildman–Crippen LogP) is 2.03. The van der Waals surface area contributed by atoms with Crippen LogP contribution in [0.3, 0.4) is 0 Å². The predicted molar refractivity (Wildman–Crippen MR) is 116 cm³/mol. The molecule has 0 radical (unpaired) electrons. The first kappa shape index (κ1) is 18.5. The smallest absolute Gasteiger partial charge is 0.274 e. The van der Waals surface area contributed by atoms with Crippen molar-refractivity contribution in [2.24, 2.45) is 0 Å². The fraction of sp³-hybridized carbons (Fsp3) is 0.208. The molecule has 1 amide bonds. The Morgan fingerprint density at radius 3 is 2.20 bits per heavy atom. The molecule has 0 atom stereocenters. The highest BCUT2D eigenvalue weighted by Gasteiger charge is 2.25. The fourth-order valence-corrected chi connectivity index (χ4v) is 3.90. The first-order valence-electron chi connectivity index (χ1n) is 10.3. The van der Waals surface area contributed by atoms with Gasteiger partial charge in [-0.2, -0.15) is 5.10 Å². The largest absolute Gasteiger partial charge is 0.334 e. The second-order valence-corrected chi connectivity index (χ2v) is 7.81. The average molecular weight is 398 g/mol. The Bertz CT molecular complexity index is 1180. The summed E-state index contributed by atoms with van der Waals surface area (Å²) >= 11 is 0. The maximum Gasteiger partial charge on any atom is 0.274 e. The summed E-state index contributed by atoms with van der Waals surface area (Å²) < 4.78 is 1.79. The molecular weight excluding hydrogens is 374 g/mol. The lowest BCUT2D eigenvalue weighted by Crippen LogP contribution is -3.12. The van der Waals surface area contributed by atoms with Gasteiger partial charge in [0, 0.05) is 17.2 Å². The van der Waals surface area contributed by atoms with Crippen LogP contribution in [0.15, 0.2) is 72.8 Å². The number of rotatable bonds is 3. The van der Waals surface area contributed by atoms with Crippen LogP contribution in [0.2, 0.25) is 0 Å². The molecule has 6 nitrogen and oxygen atoms in total. The Hall–Kier alpha value is -3.51. The topological polar surface area (TPSA) is 54.9 Å². The van der Waals surface area contributed by atoms with Gasteiger partial charge in [-0.1, -0.05) is 60.7 Å². The van der Waals surface area contributed by atoms with Crippen LogP contribution in [0.1, 0.15) is 10.5 Å². The molecule has 6 heteroatoms. The molecule has 2 aromatic carbocycles. The summed E-state index contributed by atoms with van der Waals surface area (Å²) in [5.41, 5.74) is 4.98. The monoisotopic (exact) mass is 398 g/mol. The van der Waals surface area contributed by atoms with Crippen LogP contribution in [-0.4, -0.2) is 58.6 Å². The van der Waals surface area contributed by atoms with Crippen molar-refractivity contribution in [3.8, 4) is 22.5 Å². The van der Waals surface area contributed by atoms with Crippen molar-refractivity contribution in [3.05, 3.63) is 78.5 Å². The van der Waals surface area contributed by atoms with E-state index in [4.69, 9.17) is 4.98 Å². The zero-order valence-electron chi connectivity index (χ0n) is 17.0. The molecule has 1 N–H and O–H groups in total. The Labute approximate surface area is 175 Å². The third-order valence-corrected chi connectivity index (χ3v) is 5.69. The third kappa shape index (κ3) is 3.46. The third-order valence-electron chi connectivity index (χ3n) is 5.69. The van der Waals surface area contributed by atoms with Gasteiger partial charge in [0.05, 0.1) is 44.6 Å². The van der Waals surface area contributed by atoms with Crippen molar-refractivity contribution >= 4 is 11.6 Å². The van der Waals surface area contributed by atoms with E-state index in [0.29, 0.717) is 11.3 Å². The summed E-state index contributed by atoms with van der Waals surface area (Å²) in [6.07, 6.45) is 0. The van der Waals surface area contributed by atoms with E-state index in [9.17, 15) is 4.79 Å². The lowest BCUT2D eigenvalue weighted by atomic mass is 10.1.